The van der Waals surface area contributed by atoms with E-state index in [1.54, 1.807) is 13.0 Å². The summed E-state index contributed by atoms with van der Waals surface area (Å²) in [5, 5.41) is 14.7. The molecule has 0 atom stereocenters. The summed E-state index contributed by atoms with van der Waals surface area (Å²) in [6.07, 6.45) is 0.824. The second-order valence-electron chi connectivity index (χ2n) is 3.08. The van der Waals surface area contributed by atoms with Crippen LogP contribution in [0.4, 0.5) is 10.1 Å². The Balaban J connectivity index is 2.80. The molecule has 1 aromatic rings. The minimum Gasteiger partial charge on any atom is -0.461 e. The quantitative estimate of drug-likeness (QED) is 0.361. The largest absolute Gasteiger partial charge is 0.461 e. The highest BCUT2D eigenvalue weighted by Gasteiger charge is 2.10. The first kappa shape index (κ1) is 13.6. The second-order valence-corrected chi connectivity index (χ2v) is 3.08. The minimum atomic E-state index is -0.751. The maximum absolute atomic E-state index is 12.9. The van der Waals surface area contributed by atoms with Crippen molar-refractivity contribution in [2.75, 3.05) is 12.0 Å². The number of carbonyl (C=O) groups is 1. The van der Waals surface area contributed by atoms with E-state index < -0.39 is 11.8 Å². The summed E-state index contributed by atoms with van der Waals surface area (Å²) in [5.41, 5.74) is 2.57. The Kier molecular flexibility index (Phi) is 5.30. The molecule has 0 aliphatic rings. The van der Waals surface area contributed by atoms with E-state index in [-0.39, 0.29) is 12.3 Å². The van der Waals surface area contributed by atoms with Gasteiger partial charge in [0.15, 0.2) is 5.71 Å². The molecule has 1 aromatic carbocycles. The van der Waals surface area contributed by atoms with Crippen LogP contribution in [0.15, 0.2) is 34.5 Å². The van der Waals surface area contributed by atoms with Gasteiger partial charge in [-0.25, -0.2) is 9.18 Å². The highest BCUT2D eigenvalue weighted by molar-refractivity contribution is 6.59. The fourth-order valence-electron chi connectivity index (χ4n) is 1.07. The lowest BCUT2D eigenvalue weighted by atomic mass is 10.3. The number of benzene rings is 1. The van der Waals surface area contributed by atoms with Crippen molar-refractivity contribution in [3.63, 3.8) is 0 Å². The SMILES string of the molecule is CCOC(=O)C(/C=N/O)=N/Nc1cccc(F)c1. The predicted octanol–water partition coefficient (Wildman–Crippen LogP) is 1.62. The molecule has 0 aliphatic heterocycles. The van der Waals surface area contributed by atoms with Crippen LogP contribution in [0.3, 0.4) is 0 Å². The average molecular weight is 253 g/mol. The first-order valence-electron chi connectivity index (χ1n) is 5.11. The van der Waals surface area contributed by atoms with Crippen molar-refractivity contribution in [1.82, 2.24) is 0 Å². The zero-order valence-corrected chi connectivity index (χ0v) is 9.63. The Bertz CT molecular complexity index is 474. The van der Waals surface area contributed by atoms with Crippen LogP contribution < -0.4 is 5.43 Å². The van der Waals surface area contributed by atoms with Crippen molar-refractivity contribution in [2.45, 2.75) is 6.92 Å². The average Bonchev–Trinajstić information content (AvgIpc) is 2.35. The van der Waals surface area contributed by atoms with Gasteiger partial charge in [0, 0.05) is 0 Å². The number of hydrogen-bond donors (Lipinski definition) is 2. The zero-order chi connectivity index (χ0) is 13.4. The minimum absolute atomic E-state index is 0.164. The molecule has 6 nitrogen and oxygen atoms in total. The van der Waals surface area contributed by atoms with Crippen LogP contribution in [0.1, 0.15) is 6.92 Å². The molecule has 0 fully saturated rings. The van der Waals surface area contributed by atoms with Crippen LogP contribution in [0.5, 0.6) is 0 Å². The van der Waals surface area contributed by atoms with Crippen LogP contribution in [-0.2, 0) is 9.53 Å². The van der Waals surface area contributed by atoms with Gasteiger partial charge in [0.25, 0.3) is 0 Å². The third kappa shape index (κ3) is 4.20. The predicted molar refractivity (Wildman–Crippen MR) is 64.4 cm³/mol. The van der Waals surface area contributed by atoms with E-state index >= 15 is 0 Å². The number of halogens is 1. The van der Waals surface area contributed by atoms with Gasteiger partial charge in [-0.2, -0.15) is 5.10 Å². The van der Waals surface area contributed by atoms with E-state index in [2.05, 4.69) is 20.4 Å². The van der Waals surface area contributed by atoms with Crippen molar-refractivity contribution >= 4 is 23.6 Å². The Hall–Kier alpha value is -2.44. The number of hydrazone groups is 1. The molecule has 0 unspecified atom stereocenters. The van der Waals surface area contributed by atoms with Crippen LogP contribution in [0, 0.1) is 5.82 Å². The topological polar surface area (TPSA) is 83.3 Å². The number of carbonyl (C=O) groups excluding carboxylic acids is 1. The molecule has 0 radical (unpaired) electrons. The Morgan fingerprint density at radius 1 is 1.61 bits per heavy atom. The molecule has 0 spiro atoms. The zero-order valence-electron chi connectivity index (χ0n) is 9.63. The van der Waals surface area contributed by atoms with E-state index in [0.29, 0.717) is 5.69 Å². The van der Waals surface area contributed by atoms with E-state index in [1.807, 2.05) is 0 Å². The van der Waals surface area contributed by atoms with Crippen molar-refractivity contribution in [2.24, 2.45) is 10.3 Å². The maximum Gasteiger partial charge on any atom is 0.360 e. The number of esters is 1. The third-order valence-electron chi connectivity index (χ3n) is 1.79. The summed E-state index contributed by atoms with van der Waals surface area (Å²) >= 11 is 0. The summed E-state index contributed by atoms with van der Waals surface area (Å²) < 4.78 is 17.6. The van der Waals surface area contributed by atoms with Gasteiger partial charge in [-0.15, -0.1) is 0 Å². The second kappa shape index (κ2) is 7.00. The number of rotatable bonds is 5. The first-order valence-corrected chi connectivity index (χ1v) is 5.11. The van der Waals surface area contributed by atoms with E-state index in [1.165, 1.54) is 18.2 Å². The molecule has 0 aliphatic carbocycles. The van der Waals surface area contributed by atoms with Gasteiger partial charge in [-0.05, 0) is 25.1 Å². The summed E-state index contributed by atoms with van der Waals surface area (Å²) in [6.45, 7) is 1.79. The van der Waals surface area contributed by atoms with Crippen LogP contribution in [0.25, 0.3) is 0 Å². The van der Waals surface area contributed by atoms with Crippen molar-refractivity contribution in [3.8, 4) is 0 Å². The van der Waals surface area contributed by atoms with Crippen LogP contribution >= 0.6 is 0 Å². The molecule has 18 heavy (non-hydrogen) atoms. The summed E-state index contributed by atoms with van der Waals surface area (Å²) in [7, 11) is 0. The molecule has 0 bridgehead atoms. The molecule has 7 heteroatoms. The fraction of sp³-hybridized carbons (Fsp3) is 0.182. The summed E-state index contributed by atoms with van der Waals surface area (Å²) in [6, 6.07) is 5.52. The number of nitrogens with zero attached hydrogens (tertiary/aromatic N) is 2. The highest BCUT2D eigenvalue weighted by atomic mass is 19.1. The standard InChI is InChI=1S/C11H12FN3O3/c1-2-18-11(16)10(7-13-17)15-14-9-5-3-4-8(12)6-9/h3-7,14,17H,2H2,1H3/b13-7+,15-10+. The van der Waals surface area contributed by atoms with Gasteiger partial charge >= 0.3 is 5.97 Å². The number of oxime groups is 1. The fourth-order valence-corrected chi connectivity index (χ4v) is 1.07. The Morgan fingerprint density at radius 3 is 3.00 bits per heavy atom. The van der Waals surface area contributed by atoms with Gasteiger partial charge in [0.1, 0.15) is 12.0 Å². The van der Waals surface area contributed by atoms with Gasteiger partial charge in [0.05, 0.1) is 12.3 Å². The smallest absolute Gasteiger partial charge is 0.360 e. The number of nitrogens with one attached hydrogen (secondary N) is 1. The molecule has 0 amide bonds. The monoisotopic (exact) mass is 253 g/mol. The van der Waals surface area contributed by atoms with Crippen LogP contribution in [0.2, 0.25) is 0 Å². The highest BCUT2D eigenvalue weighted by Crippen LogP contribution is 2.08. The Labute approximate surface area is 103 Å². The first-order chi connectivity index (χ1) is 8.67. The van der Waals surface area contributed by atoms with E-state index in [9.17, 15) is 9.18 Å². The summed E-state index contributed by atoms with van der Waals surface area (Å²) in [4.78, 5) is 11.4. The molecular weight excluding hydrogens is 241 g/mol. The van der Waals surface area contributed by atoms with E-state index in [0.717, 1.165) is 6.21 Å². The molecule has 1 rings (SSSR count). The van der Waals surface area contributed by atoms with Crippen molar-refractivity contribution in [3.05, 3.63) is 30.1 Å². The molecular formula is C11H12FN3O3. The lowest BCUT2D eigenvalue weighted by Gasteiger charge is -2.03. The van der Waals surface area contributed by atoms with Crippen molar-refractivity contribution < 1.29 is 19.1 Å². The molecule has 96 valence electrons. The van der Waals surface area contributed by atoms with Gasteiger partial charge < -0.3 is 9.94 Å². The molecule has 0 saturated carbocycles. The number of anilines is 1. The summed E-state index contributed by atoms with van der Waals surface area (Å²) in [5.74, 6) is -1.19. The Morgan fingerprint density at radius 2 is 2.39 bits per heavy atom. The van der Waals surface area contributed by atoms with Gasteiger partial charge in [-0.3, -0.25) is 5.43 Å². The maximum atomic E-state index is 12.9. The normalized spacial score (nSPS) is 11.6. The lowest BCUT2D eigenvalue weighted by molar-refractivity contribution is -0.134. The molecule has 0 saturated heterocycles. The van der Waals surface area contributed by atoms with E-state index in [4.69, 9.17) is 5.21 Å². The number of hydrogen-bond acceptors (Lipinski definition) is 6. The lowest BCUT2D eigenvalue weighted by Crippen LogP contribution is -2.20. The van der Waals surface area contributed by atoms with Crippen LogP contribution in [-0.4, -0.2) is 29.7 Å². The molecule has 0 heterocycles. The van der Waals surface area contributed by atoms with Gasteiger partial charge in [-0.1, -0.05) is 11.2 Å². The number of ether oxygens (including phenoxy) is 1. The molecule has 2 N–H and O–H groups in total. The van der Waals surface area contributed by atoms with Gasteiger partial charge in [0.2, 0.25) is 0 Å². The third-order valence-corrected chi connectivity index (χ3v) is 1.79. The molecule has 0 aromatic heterocycles. The van der Waals surface area contributed by atoms with Crippen molar-refractivity contribution in [1.29, 1.82) is 0 Å².